The Bertz CT molecular complexity index is 583. The van der Waals surface area contributed by atoms with E-state index in [1.807, 2.05) is 11.4 Å². The van der Waals surface area contributed by atoms with Crippen molar-refractivity contribution in [2.45, 2.75) is 12.8 Å². The Kier molecular flexibility index (Phi) is 4.05. The SMILES string of the molecule is Nc1cc(C(F)(F)F)ccc1OCc1sccc1Br. The molecule has 0 saturated carbocycles. The Morgan fingerprint density at radius 3 is 2.53 bits per heavy atom. The molecule has 102 valence electrons. The number of benzene rings is 1. The van der Waals surface area contributed by atoms with Crippen molar-refractivity contribution in [3.8, 4) is 5.75 Å². The molecule has 0 aliphatic heterocycles. The van der Waals surface area contributed by atoms with Crippen LogP contribution in [0.15, 0.2) is 34.1 Å². The minimum atomic E-state index is -4.40. The number of hydrogen-bond donors (Lipinski definition) is 1. The topological polar surface area (TPSA) is 35.2 Å². The van der Waals surface area contributed by atoms with Crippen LogP contribution in [0.1, 0.15) is 10.4 Å². The van der Waals surface area contributed by atoms with Crippen molar-refractivity contribution in [3.63, 3.8) is 0 Å². The van der Waals surface area contributed by atoms with Gasteiger partial charge in [-0.15, -0.1) is 11.3 Å². The van der Waals surface area contributed by atoms with Gasteiger partial charge in [0.05, 0.1) is 16.1 Å². The van der Waals surface area contributed by atoms with Crippen molar-refractivity contribution in [1.82, 2.24) is 0 Å². The number of anilines is 1. The van der Waals surface area contributed by atoms with Crippen molar-refractivity contribution < 1.29 is 17.9 Å². The smallest absolute Gasteiger partial charge is 0.416 e. The summed E-state index contributed by atoms with van der Waals surface area (Å²) in [4.78, 5) is 0.944. The number of alkyl halides is 3. The standard InChI is InChI=1S/C12H9BrF3NOS/c13-8-3-4-19-11(8)6-18-10-2-1-7(5-9(10)17)12(14,15)16/h1-5H,6,17H2. The van der Waals surface area contributed by atoms with Gasteiger partial charge in [-0.3, -0.25) is 0 Å². The van der Waals surface area contributed by atoms with Gasteiger partial charge >= 0.3 is 6.18 Å². The third-order valence-corrected chi connectivity index (χ3v) is 4.29. The van der Waals surface area contributed by atoms with E-state index in [4.69, 9.17) is 10.5 Å². The summed E-state index contributed by atoms with van der Waals surface area (Å²) in [5, 5.41) is 1.89. The van der Waals surface area contributed by atoms with Crippen LogP contribution in [0.3, 0.4) is 0 Å². The van der Waals surface area contributed by atoms with E-state index < -0.39 is 11.7 Å². The zero-order valence-electron chi connectivity index (χ0n) is 9.50. The van der Waals surface area contributed by atoms with Crippen LogP contribution in [-0.2, 0) is 12.8 Å². The first kappa shape index (κ1) is 14.2. The second-order valence-corrected chi connectivity index (χ2v) is 5.59. The monoisotopic (exact) mass is 351 g/mol. The molecule has 0 radical (unpaired) electrons. The lowest BCUT2D eigenvalue weighted by Gasteiger charge is -2.11. The Labute approximate surface area is 120 Å². The number of nitrogen functional groups attached to an aromatic ring is 1. The Morgan fingerprint density at radius 1 is 1.26 bits per heavy atom. The molecule has 1 aromatic heterocycles. The molecule has 0 amide bonds. The fraction of sp³-hybridized carbons (Fsp3) is 0.167. The van der Waals surface area contributed by atoms with Crippen molar-refractivity contribution >= 4 is 33.0 Å². The maximum Gasteiger partial charge on any atom is 0.416 e. The lowest BCUT2D eigenvalue weighted by atomic mass is 10.2. The maximum atomic E-state index is 12.5. The van der Waals surface area contributed by atoms with E-state index in [0.717, 1.165) is 21.5 Å². The molecule has 0 spiro atoms. The summed E-state index contributed by atoms with van der Waals surface area (Å²) in [6, 6.07) is 4.94. The predicted molar refractivity (Wildman–Crippen MR) is 72.2 cm³/mol. The van der Waals surface area contributed by atoms with E-state index in [9.17, 15) is 13.2 Å². The minimum absolute atomic E-state index is 0.0255. The van der Waals surface area contributed by atoms with Gasteiger partial charge in [0.15, 0.2) is 0 Å². The summed E-state index contributed by atoms with van der Waals surface area (Å²) in [6.07, 6.45) is -4.40. The molecular weight excluding hydrogens is 343 g/mol. The zero-order chi connectivity index (χ0) is 14.0. The summed E-state index contributed by atoms with van der Waals surface area (Å²) >= 11 is 4.84. The van der Waals surface area contributed by atoms with Crippen LogP contribution in [0.25, 0.3) is 0 Å². The highest BCUT2D eigenvalue weighted by Crippen LogP contribution is 2.34. The molecule has 2 nitrogen and oxygen atoms in total. The molecule has 7 heteroatoms. The van der Waals surface area contributed by atoms with Gasteiger partial charge in [0.2, 0.25) is 0 Å². The van der Waals surface area contributed by atoms with Crippen LogP contribution in [0.5, 0.6) is 5.75 Å². The molecule has 1 aromatic carbocycles. The van der Waals surface area contributed by atoms with Gasteiger partial charge in [-0.2, -0.15) is 13.2 Å². The predicted octanol–water partition coefficient (Wildman–Crippen LogP) is 4.69. The van der Waals surface area contributed by atoms with Crippen molar-refractivity contribution in [2.75, 3.05) is 5.73 Å². The summed E-state index contributed by atoms with van der Waals surface area (Å²) < 4.78 is 43.7. The molecule has 19 heavy (non-hydrogen) atoms. The molecule has 2 aromatic rings. The molecule has 0 aliphatic carbocycles. The fourth-order valence-corrected chi connectivity index (χ4v) is 2.81. The van der Waals surface area contributed by atoms with Crippen LogP contribution in [0.2, 0.25) is 0 Å². The maximum absolute atomic E-state index is 12.5. The lowest BCUT2D eigenvalue weighted by Crippen LogP contribution is -2.06. The molecular formula is C12H9BrF3NOS. The van der Waals surface area contributed by atoms with E-state index in [1.54, 1.807) is 0 Å². The van der Waals surface area contributed by atoms with Crippen LogP contribution < -0.4 is 10.5 Å². The first-order valence-corrected chi connectivity index (χ1v) is 6.86. The normalized spacial score (nSPS) is 11.6. The first-order valence-electron chi connectivity index (χ1n) is 5.19. The number of ether oxygens (including phenoxy) is 1. The van der Waals surface area contributed by atoms with Gasteiger partial charge in [-0.25, -0.2) is 0 Å². The van der Waals surface area contributed by atoms with Gasteiger partial charge < -0.3 is 10.5 Å². The Balaban J connectivity index is 2.12. The van der Waals surface area contributed by atoms with E-state index in [2.05, 4.69) is 15.9 Å². The highest BCUT2D eigenvalue weighted by molar-refractivity contribution is 9.10. The quantitative estimate of drug-likeness (QED) is 0.814. The molecule has 0 unspecified atom stereocenters. The van der Waals surface area contributed by atoms with Crippen LogP contribution in [-0.4, -0.2) is 0 Å². The molecule has 0 saturated heterocycles. The summed E-state index contributed by atoms with van der Waals surface area (Å²) in [5.74, 6) is 0.244. The second kappa shape index (κ2) is 5.42. The van der Waals surface area contributed by atoms with Gasteiger partial charge in [-0.05, 0) is 45.6 Å². The number of halogens is 4. The molecule has 2 rings (SSSR count). The van der Waals surface area contributed by atoms with E-state index in [1.165, 1.54) is 17.4 Å². The first-order chi connectivity index (χ1) is 8.88. The largest absolute Gasteiger partial charge is 0.486 e. The van der Waals surface area contributed by atoms with Crippen molar-refractivity contribution in [3.05, 3.63) is 44.6 Å². The zero-order valence-corrected chi connectivity index (χ0v) is 11.9. The lowest BCUT2D eigenvalue weighted by molar-refractivity contribution is -0.137. The average Bonchev–Trinajstić information content (AvgIpc) is 2.72. The van der Waals surface area contributed by atoms with E-state index in [-0.39, 0.29) is 18.0 Å². The van der Waals surface area contributed by atoms with Crippen molar-refractivity contribution in [1.29, 1.82) is 0 Å². The summed E-state index contributed by atoms with van der Waals surface area (Å²) in [7, 11) is 0. The molecule has 0 atom stereocenters. The molecule has 0 bridgehead atoms. The van der Waals surface area contributed by atoms with Crippen LogP contribution in [0, 0.1) is 0 Å². The summed E-state index contributed by atoms with van der Waals surface area (Å²) in [5.41, 5.74) is 4.75. The molecule has 2 N–H and O–H groups in total. The minimum Gasteiger partial charge on any atom is -0.486 e. The molecule has 0 aliphatic rings. The number of rotatable bonds is 3. The van der Waals surface area contributed by atoms with Crippen LogP contribution in [0.4, 0.5) is 18.9 Å². The second-order valence-electron chi connectivity index (χ2n) is 3.73. The molecule has 1 heterocycles. The fourth-order valence-electron chi connectivity index (χ4n) is 1.43. The average molecular weight is 352 g/mol. The highest BCUT2D eigenvalue weighted by Gasteiger charge is 2.30. The highest BCUT2D eigenvalue weighted by atomic mass is 79.9. The number of nitrogens with two attached hydrogens (primary N) is 1. The van der Waals surface area contributed by atoms with Crippen molar-refractivity contribution in [2.24, 2.45) is 0 Å². The number of thiophene rings is 1. The van der Waals surface area contributed by atoms with E-state index in [0.29, 0.717) is 0 Å². The van der Waals surface area contributed by atoms with Gasteiger partial charge in [0.1, 0.15) is 12.4 Å². The third kappa shape index (κ3) is 3.42. The Morgan fingerprint density at radius 2 is 2.00 bits per heavy atom. The van der Waals surface area contributed by atoms with Crippen LogP contribution >= 0.6 is 27.3 Å². The van der Waals surface area contributed by atoms with Gasteiger partial charge in [-0.1, -0.05) is 0 Å². The molecule has 0 fully saturated rings. The number of hydrogen-bond acceptors (Lipinski definition) is 3. The third-order valence-electron chi connectivity index (χ3n) is 2.39. The summed E-state index contributed by atoms with van der Waals surface area (Å²) in [6.45, 7) is 0.258. The Hall–Kier alpha value is -1.21. The van der Waals surface area contributed by atoms with Gasteiger partial charge in [0, 0.05) is 4.47 Å². The van der Waals surface area contributed by atoms with Gasteiger partial charge in [0.25, 0.3) is 0 Å². The van der Waals surface area contributed by atoms with E-state index >= 15 is 0 Å².